The second-order valence-electron chi connectivity index (χ2n) is 7.21. The Kier molecular flexibility index (Phi) is 5.34. The summed E-state index contributed by atoms with van der Waals surface area (Å²) < 4.78 is 23.4. The fraction of sp³-hybridized carbons (Fsp3) is 1.00. The average Bonchev–Trinajstić information content (AvgIpc) is 2.77. The molecular weight excluding hydrogens is 288 g/mol. The summed E-state index contributed by atoms with van der Waals surface area (Å²) in [5.41, 5.74) is -0.206. The van der Waals surface area contributed by atoms with Crippen LogP contribution in [0.5, 0.6) is 0 Å². The minimum atomic E-state index is -2.84. The molecule has 6 heteroatoms. The normalized spacial score (nSPS) is 36.5. The summed E-state index contributed by atoms with van der Waals surface area (Å²) in [6, 6.07) is 0.844. The second kappa shape index (κ2) is 6.52. The van der Waals surface area contributed by atoms with Gasteiger partial charge in [0.1, 0.15) is 0 Å². The molecule has 124 valence electrons. The average molecular weight is 318 g/mol. The molecule has 2 fully saturated rings. The Bertz CT molecular complexity index is 452. The molecule has 0 aromatic rings. The molecule has 1 saturated heterocycles. The van der Waals surface area contributed by atoms with Crippen molar-refractivity contribution in [3.05, 3.63) is 0 Å². The Balaban J connectivity index is 2.03. The number of nitrogens with zero attached hydrogens (tertiary/aromatic N) is 1. The first-order chi connectivity index (χ1) is 9.77. The van der Waals surface area contributed by atoms with Gasteiger partial charge < -0.3 is 10.4 Å². The molecular formula is C15H30N2O3S. The van der Waals surface area contributed by atoms with E-state index in [4.69, 9.17) is 0 Å². The fourth-order valence-corrected chi connectivity index (χ4v) is 5.79. The first kappa shape index (κ1) is 17.2. The number of sulfone groups is 1. The van der Waals surface area contributed by atoms with Crippen molar-refractivity contribution in [3.63, 3.8) is 0 Å². The summed E-state index contributed by atoms with van der Waals surface area (Å²) in [7, 11) is -0.785. The third-order valence-corrected chi connectivity index (χ3v) is 6.83. The standard InChI is InChI=1S/C15H30N2O3S/c1-12(2)16-15(11-18)7-4-5-13(9-15)17(3)14-6-8-21(19,20)10-14/h12-14,16,18H,4-11H2,1-3H3. The SMILES string of the molecule is CC(C)NC1(CO)CCCC(N(C)C2CCS(=O)(=O)C2)C1. The van der Waals surface area contributed by atoms with Crippen molar-refractivity contribution in [2.75, 3.05) is 25.2 Å². The molecule has 1 aliphatic carbocycles. The molecule has 0 aromatic heterocycles. The Morgan fingerprint density at radius 2 is 2.05 bits per heavy atom. The lowest BCUT2D eigenvalue weighted by atomic mass is 9.78. The minimum absolute atomic E-state index is 0.147. The van der Waals surface area contributed by atoms with Crippen LogP contribution in [0.3, 0.4) is 0 Å². The highest BCUT2D eigenvalue weighted by molar-refractivity contribution is 7.91. The van der Waals surface area contributed by atoms with Crippen LogP contribution >= 0.6 is 0 Å². The van der Waals surface area contributed by atoms with Crippen molar-refractivity contribution in [3.8, 4) is 0 Å². The van der Waals surface area contributed by atoms with Gasteiger partial charge in [0, 0.05) is 23.7 Å². The van der Waals surface area contributed by atoms with E-state index < -0.39 is 9.84 Å². The van der Waals surface area contributed by atoms with Crippen LogP contribution in [0.4, 0.5) is 0 Å². The quantitative estimate of drug-likeness (QED) is 0.784. The second-order valence-corrected chi connectivity index (χ2v) is 9.44. The predicted octanol–water partition coefficient (Wildman–Crippen LogP) is 0.777. The number of hydrogen-bond acceptors (Lipinski definition) is 5. The van der Waals surface area contributed by atoms with E-state index in [2.05, 4.69) is 31.1 Å². The summed E-state index contributed by atoms with van der Waals surface area (Å²) in [4.78, 5) is 2.26. The zero-order valence-corrected chi connectivity index (χ0v) is 14.3. The molecule has 0 bridgehead atoms. The van der Waals surface area contributed by atoms with Crippen LogP contribution in [0.1, 0.15) is 46.0 Å². The number of aliphatic hydroxyl groups excluding tert-OH is 1. The third-order valence-electron chi connectivity index (χ3n) is 5.08. The summed E-state index contributed by atoms with van der Waals surface area (Å²) in [5, 5.41) is 13.4. The van der Waals surface area contributed by atoms with Gasteiger partial charge in [-0.25, -0.2) is 8.42 Å². The summed E-state index contributed by atoms with van der Waals surface area (Å²) >= 11 is 0. The van der Waals surface area contributed by atoms with Crippen LogP contribution in [-0.4, -0.2) is 67.2 Å². The number of hydrogen-bond donors (Lipinski definition) is 2. The van der Waals surface area contributed by atoms with Crippen molar-refractivity contribution < 1.29 is 13.5 Å². The van der Waals surface area contributed by atoms with Gasteiger partial charge in [0.2, 0.25) is 0 Å². The Hall–Kier alpha value is -0.170. The van der Waals surface area contributed by atoms with Gasteiger partial charge in [-0.3, -0.25) is 4.90 Å². The van der Waals surface area contributed by atoms with Crippen molar-refractivity contribution in [1.82, 2.24) is 10.2 Å². The Labute approximate surface area is 129 Å². The topological polar surface area (TPSA) is 69.6 Å². The third kappa shape index (κ3) is 4.18. The van der Waals surface area contributed by atoms with E-state index in [0.29, 0.717) is 23.6 Å². The van der Waals surface area contributed by atoms with E-state index in [1.165, 1.54) is 0 Å². The van der Waals surface area contributed by atoms with Gasteiger partial charge in [-0.05, 0) is 39.2 Å². The van der Waals surface area contributed by atoms with Crippen molar-refractivity contribution in [2.45, 2.75) is 69.6 Å². The van der Waals surface area contributed by atoms with E-state index in [0.717, 1.165) is 32.1 Å². The first-order valence-electron chi connectivity index (χ1n) is 8.08. The van der Waals surface area contributed by atoms with Gasteiger partial charge in [-0.15, -0.1) is 0 Å². The van der Waals surface area contributed by atoms with Gasteiger partial charge in [0.15, 0.2) is 9.84 Å². The zero-order valence-electron chi connectivity index (χ0n) is 13.5. The molecule has 21 heavy (non-hydrogen) atoms. The molecule has 2 rings (SSSR count). The van der Waals surface area contributed by atoms with Gasteiger partial charge in [0.05, 0.1) is 18.1 Å². The van der Waals surface area contributed by atoms with Crippen molar-refractivity contribution in [1.29, 1.82) is 0 Å². The minimum Gasteiger partial charge on any atom is -0.394 e. The van der Waals surface area contributed by atoms with Crippen molar-refractivity contribution >= 4 is 9.84 Å². The highest BCUT2D eigenvalue weighted by Gasteiger charge is 2.40. The van der Waals surface area contributed by atoms with E-state index >= 15 is 0 Å². The molecule has 0 amide bonds. The van der Waals surface area contributed by atoms with Gasteiger partial charge >= 0.3 is 0 Å². The Morgan fingerprint density at radius 1 is 1.33 bits per heavy atom. The van der Waals surface area contributed by atoms with Gasteiger partial charge in [-0.2, -0.15) is 0 Å². The molecule has 0 radical (unpaired) electrons. The molecule has 3 atom stereocenters. The summed E-state index contributed by atoms with van der Waals surface area (Å²) in [5.74, 6) is 0.619. The first-order valence-corrected chi connectivity index (χ1v) is 9.90. The van der Waals surface area contributed by atoms with Crippen LogP contribution in [0.2, 0.25) is 0 Å². The van der Waals surface area contributed by atoms with E-state index in [9.17, 15) is 13.5 Å². The van der Waals surface area contributed by atoms with Crippen LogP contribution < -0.4 is 5.32 Å². The predicted molar refractivity (Wildman–Crippen MR) is 85.2 cm³/mol. The molecule has 3 unspecified atom stereocenters. The maximum Gasteiger partial charge on any atom is 0.151 e. The smallest absolute Gasteiger partial charge is 0.151 e. The lowest BCUT2D eigenvalue weighted by Crippen LogP contribution is -2.58. The molecule has 1 heterocycles. The van der Waals surface area contributed by atoms with Crippen molar-refractivity contribution in [2.24, 2.45) is 0 Å². The van der Waals surface area contributed by atoms with E-state index in [1.54, 1.807) is 0 Å². The fourth-order valence-electron chi connectivity index (χ4n) is 4.01. The molecule has 1 saturated carbocycles. The molecule has 5 nitrogen and oxygen atoms in total. The van der Waals surface area contributed by atoms with Crippen LogP contribution in [-0.2, 0) is 9.84 Å². The number of rotatable bonds is 5. The highest BCUT2D eigenvalue weighted by atomic mass is 32.2. The summed E-state index contributed by atoms with van der Waals surface area (Å²) in [6.45, 7) is 4.36. The van der Waals surface area contributed by atoms with E-state index in [-0.39, 0.29) is 18.2 Å². The Morgan fingerprint density at radius 3 is 2.57 bits per heavy atom. The van der Waals surface area contributed by atoms with Crippen LogP contribution in [0.15, 0.2) is 0 Å². The number of aliphatic hydroxyl groups is 1. The lowest BCUT2D eigenvalue weighted by molar-refractivity contribution is 0.0519. The van der Waals surface area contributed by atoms with E-state index in [1.807, 2.05) is 0 Å². The van der Waals surface area contributed by atoms with Gasteiger partial charge in [-0.1, -0.05) is 13.8 Å². The molecule has 2 N–H and O–H groups in total. The number of nitrogens with one attached hydrogen (secondary N) is 1. The summed E-state index contributed by atoms with van der Waals surface area (Å²) in [6.07, 6.45) is 4.81. The maximum atomic E-state index is 11.7. The van der Waals surface area contributed by atoms with Crippen LogP contribution in [0, 0.1) is 0 Å². The maximum absolute atomic E-state index is 11.7. The molecule has 0 spiro atoms. The zero-order chi connectivity index (χ0) is 15.7. The molecule has 0 aromatic carbocycles. The van der Waals surface area contributed by atoms with Crippen LogP contribution in [0.25, 0.3) is 0 Å². The molecule has 1 aliphatic heterocycles. The highest BCUT2D eigenvalue weighted by Crippen LogP contribution is 2.33. The largest absolute Gasteiger partial charge is 0.394 e. The lowest BCUT2D eigenvalue weighted by Gasteiger charge is -2.45. The monoisotopic (exact) mass is 318 g/mol. The molecule has 2 aliphatic rings. The van der Waals surface area contributed by atoms with Gasteiger partial charge in [0.25, 0.3) is 0 Å².